The van der Waals surface area contributed by atoms with Crippen LogP contribution in [0.2, 0.25) is 0 Å². The van der Waals surface area contributed by atoms with Crippen molar-refractivity contribution < 1.29 is 52.4 Å². The molecule has 0 unspecified atom stereocenters. The van der Waals surface area contributed by atoms with Gasteiger partial charge in [-0.15, -0.1) is 0 Å². The van der Waals surface area contributed by atoms with Crippen LogP contribution < -0.4 is 39.4 Å². The Morgan fingerprint density at radius 1 is 0.788 bits per heavy atom. The second-order valence-corrected chi connectivity index (χ2v) is 9.80. The summed E-state index contributed by atoms with van der Waals surface area (Å²) in [5, 5.41) is 11.8. The molecule has 0 spiro atoms. The van der Waals surface area contributed by atoms with Crippen molar-refractivity contribution in [2.24, 2.45) is 0 Å². The van der Waals surface area contributed by atoms with Gasteiger partial charge >= 0.3 is 29.6 Å². The van der Waals surface area contributed by atoms with Crippen molar-refractivity contribution in [3.8, 4) is 17.2 Å². The van der Waals surface area contributed by atoms with E-state index in [1.165, 1.54) is 88.3 Å². The van der Waals surface area contributed by atoms with E-state index in [1.807, 2.05) is 12.1 Å². The number of ether oxygens (including phenoxy) is 1. The maximum atomic E-state index is 11.8. The quantitative estimate of drug-likeness (QED) is 0.221. The Bertz CT molecular complexity index is 897. The monoisotopic (exact) mass is 484 g/mol. The molecule has 0 saturated heterocycles. The molecule has 0 aliphatic rings. The first kappa shape index (κ1) is 30.0. The molecule has 1 N–H and O–H groups in total. The van der Waals surface area contributed by atoms with E-state index in [-0.39, 0.29) is 35.3 Å². The first-order chi connectivity index (χ1) is 15.4. The third-order valence-corrected chi connectivity index (χ3v) is 6.59. The smallest absolute Gasteiger partial charge is 0.871 e. The molecule has 0 aliphatic heterocycles. The molecule has 0 heterocycles. The fraction of sp³-hybridized carbons (Fsp3) is 0.538. The molecule has 0 fully saturated rings. The molecule has 33 heavy (non-hydrogen) atoms. The molecular weight excluding hydrogens is 447 g/mol. The minimum absolute atomic E-state index is 0. The number of unbranched alkanes of at least 4 members (excludes halogenated alkanes) is 11. The second kappa shape index (κ2) is 16.6. The third-order valence-electron chi connectivity index (χ3n) is 5.67. The summed E-state index contributed by atoms with van der Waals surface area (Å²) in [5.41, 5.74) is 1.19. The van der Waals surface area contributed by atoms with Gasteiger partial charge in [0, 0.05) is 0 Å². The van der Waals surface area contributed by atoms with Gasteiger partial charge in [0.15, 0.2) is 0 Å². The minimum atomic E-state index is -4.66. The Labute approximate surface area is 222 Å². The molecule has 0 aliphatic carbocycles. The van der Waals surface area contributed by atoms with Crippen LogP contribution in [0.1, 0.15) is 89.5 Å². The summed E-state index contributed by atoms with van der Waals surface area (Å²) in [7, 11) is -4.66. The molecule has 0 atom stereocenters. The summed E-state index contributed by atoms with van der Waals surface area (Å²) in [6, 6.07) is 11.2. The Hall–Kier alpha value is -1.05. The summed E-state index contributed by atoms with van der Waals surface area (Å²) in [6.45, 7) is 2.25. The van der Waals surface area contributed by atoms with Crippen LogP contribution in [-0.2, 0) is 16.5 Å². The van der Waals surface area contributed by atoms with Gasteiger partial charge < -0.3 is 9.84 Å². The molecule has 0 bridgehead atoms. The molecule has 178 valence electrons. The molecule has 0 saturated carbocycles. The molecule has 2 aromatic rings. The van der Waals surface area contributed by atoms with Gasteiger partial charge in [0.1, 0.15) is 16.4 Å². The molecule has 0 radical (unpaired) electrons. The van der Waals surface area contributed by atoms with E-state index < -0.39 is 20.8 Å². The number of hydrogen-bond donors (Lipinski definition) is 1. The van der Waals surface area contributed by atoms with Crippen molar-refractivity contribution in [3.05, 3.63) is 48.0 Å². The fourth-order valence-electron chi connectivity index (χ4n) is 3.85. The molecular formula is C26H37NaO5S. The zero-order chi connectivity index (χ0) is 23.2. The zero-order valence-electron chi connectivity index (χ0n) is 20.2. The maximum absolute atomic E-state index is 11.8. The largest absolute Gasteiger partial charge is 1.00 e. The van der Waals surface area contributed by atoms with Crippen molar-refractivity contribution in [1.82, 2.24) is 0 Å². The van der Waals surface area contributed by atoms with Crippen LogP contribution in [0, 0.1) is 0 Å². The van der Waals surface area contributed by atoms with E-state index in [9.17, 15) is 18.1 Å². The number of benzene rings is 2. The molecule has 2 aromatic carbocycles. The van der Waals surface area contributed by atoms with E-state index in [4.69, 9.17) is 4.74 Å². The first-order valence-corrected chi connectivity index (χ1v) is 13.4. The molecule has 2 rings (SSSR count). The van der Waals surface area contributed by atoms with E-state index in [1.54, 1.807) is 12.1 Å². The maximum Gasteiger partial charge on any atom is 1.00 e. The summed E-state index contributed by atoms with van der Waals surface area (Å²) < 4.78 is 37.8. The van der Waals surface area contributed by atoms with Crippen LogP contribution in [-0.4, -0.2) is 13.0 Å². The zero-order valence-corrected chi connectivity index (χ0v) is 23.0. The average molecular weight is 485 g/mol. The number of hydrogen-bond acceptors (Lipinski definition) is 4. The standard InChI is InChI=1S/C26H38O5S.Na/c1-2-3-4-5-6-7-8-9-10-11-12-13-15-22-18-20-23(21-19-22)31-25-17-14-16-24(27)26(25)32(28,29)30;/h14,16-21,27H,2-13,15H2,1H3,(H,28,29,30);/q;+1/p-1. The van der Waals surface area contributed by atoms with Crippen LogP contribution in [0.3, 0.4) is 0 Å². The molecule has 0 amide bonds. The third kappa shape index (κ3) is 11.8. The number of rotatable bonds is 16. The van der Waals surface area contributed by atoms with Crippen molar-refractivity contribution in [2.45, 2.75) is 95.3 Å². The van der Waals surface area contributed by atoms with Crippen molar-refractivity contribution in [3.63, 3.8) is 0 Å². The topological polar surface area (TPSA) is 86.7 Å². The van der Waals surface area contributed by atoms with Crippen molar-refractivity contribution in [2.75, 3.05) is 0 Å². The Balaban J connectivity index is 0.00000544. The van der Waals surface area contributed by atoms with Gasteiger partial charge in [0.2, 0.25) is 0 Å². The van der Waals surface area contributed by atoms with Crippen LogP contribution >= 0.6 is 0 Å². The van der Waals surface area contributed by atoms with Crippen LogP contribution in [0.5, 0.6) is 17.2 Å². The van der Waals surface area contributed by atoms with Gasteiger partial charge in [-0.2, -0.15) is 8.42 Å². The Morgan fingerprint density at radius 3 is 1.82 bits per heavy atom. The van der Waals surface area contributed by atoms with E-state index in [2.05, 4.69) is 6.92 Å². The Morgan fingerprint density at radius 2 is 1.30 bits per heavy atom. The summed E-state index contributed by atoms with van der Waals surface area (Å²) >= 11 is 0. The Kier molecular flexibility index (Phi) is 15.0. The van der Waals surface area contributed by atoms with Gasteiger partial charge in [-0.25, -0.2) is 0 Å². The van der Waals surface area contributed by atoms with Crippen LogP contribution in [0.4, 0.5) is 0 Å². The fourth-order valence-corrected chi connectivity index (χ4v) is 4.54. The van der Waals surface area contributed by atoms with E-state index >= 15 is 0 Å². The van der Waals surface area contributed by atoms with Gasteiger partial charge in [0.25, 0.3) is 10.1 Å². The minimum Gasteiger partial charge on any atom is -0.871 e. The first-order valence-electron chi connectivity index (χ1n) is 12.0. The SMILES string of the molecule is CCCCCCCCCCCCCCc1ccc(Oc2cccc([O-])c2S(=O)(=O)O)cc1.[Na+]. The van der Waals surface area contributed by atoms with Gasteiger partial charge in [0.05, 0.1) is 0 Å². The number of aryl methyl sites for hydroxylation is 1. The molecule has 0 aromatic heterocycles. The van der Waals surface area contributed by atoms with E-state index in [0.29, 0.717) is 5.75 Å². The van der Waals surface area contributed by atoms with Gasteiger partial charge in [-0.05, 0) is 36.6 Å². The van der Waals surface area contributed by atoms with Crippen LogP contribution in [0.25, 0.3) is 0 Å². The predicted octanol–water partition coefficient (Wildman–Crippen LogP) is 4.05. The van der Waals surface area contributed by atoms with Gasteiger partial charge in [-0.3, -0.25) is 4.55 Å². The van der Waals surface area contributed by atoms with Crippen LogP contribution in [0.15, 0.2) is 47.4 Å². The summed E-state index contributed by atoms with van der Waals surface area (Å²) in [4.78, 5) is -0.736. The van der Waals surface area contributed by atoms with E-state index in [0.717, 1.165) is 18.9 Å². The normalized spacial score (nSPS) is 11.2. The molecule has 5 nitrogen and oxygen atoms in total. The molecule has 7 heteroatoms. The van der Waals surface area contributed by atoms with Crippen molar-refractivity contribution >= 4 is 10.1 Å². The summed E-state index contributed by atoms with van der Waals surface area (Å²) in [5.74, 6) is -0.554. The van der Waals surface area contributed by atoms with Gasteiger partial charge in [-0.1, -0.05) is 108 Å². The summed E-state index contributed by atoms with van der Waals surface area (Å²) in [6.07, 6.45) is 16.9. The predicted molar refractivity (Wildman–Crippen MR) is 127 cm³/mol. The van der Waals surface area contributed by atoms with Crippen molar-refractivity contribution in [1.29, 1.82) is 0 Å². The average Bonchev–Trinajstić information content (AvgIpc) is 2.75. The second-order valence-electron chi connectivity index (χ2n) is 8.44.